The maximum absolute atomic E-state index is 13.8. The molecule has 5 nitrogen and oxygen atoms in total. The Morgan fingerprint density at radius 2 is 1.96 bits per heavy atom. The number of likely N-dealkylation sites (tertiary alicyclic amines) is 1. The average molecular weight is 361 g/mol. The number of nitrogens with one attached hydrogen (secondary N) is 1. The molecule has 0 radical (unpaired) electrons. The Hall–Kier alpha value is -2.28. The zero-order chi connectivity index (χ0) is 18.1. The maximum atomic E-state index is 13.8. The third-order valence-electron chi connectivity index (χ3n) is 5.08. The van der Waals surface area contributed by atoms with Crippen molar-refractivity contribution < 1.29 is 18.1 Å². The Bertz CT molecular complexity index is 796. The lowest BCUT2D eigenvalue weighted by molar-refractivity contribution is 0.0900. The van der Waals surface area contributed by atoms with E-state index in [1.807, 2.05) is 0 Å². The number of amides is 1. The number of hydrogen-bond acceptors (Lipinski definition) is 4. The minimum absolute atomic E-state index is 0.0753. The molecule has 1 N–H and O–H groups in total. The summed E-state index contributed by atoms with van der Waals surface area (Å²) in [5.74, 6) is -0.774. The normalized spacial score (nSPS) is 18.8. The fourth-order valence-corrected chi connectivity index (χ4v) is 3.38. The molecular weight excluding hydrogens is 340 g/mol. The van der Waals surface area contributed by atoms with Crippen molar-refractivity contribution in [2.45, 2.75) is 31.7 Å². The van der Waals surface area contributed by atoms with E-state index in [0.717, 1.165) is 44.0 Å². The highest BCUT2D eigenvalue weighted by Crippen LogP contribution is 2.30. The predicted molar refractivity (Wildman–Crippen MR) is 91.5 cm³/mol. The zero-order valence-corrected chi connectivity index (χ0v) is 14.4. The van der Waals surface area contributed by atoms with E-state index in [0.29, 0.717) is 0 Å². The molecule has 0 bridgehead atoms. The van der Waals surface area contributed by atoms with Crippen molar-refractivity contribution in [3.05, 3.63) is 41.6 Å². The summed E-state index contributed by atoms with van der Waals surface area (Å²) in [5, 5.41) is 6.70. The van der Waals surface area contributed by atoms with E-state index < -0.39 is 11.6 Å². The third-order valence-corrected chi connectivity index (χ3v) is 5.08. The molecule has 1 saturated carbocycles. The Balaban J connectivity index is 1.34. The molecule has 7 heteroatoms. The van der Waals surface area contributed by atoms with Gasteiger partial charge in [0.05, 0.1) is 5.56 Å². The first-order valence-electron chi connectivity index (χ1n) is 9.04. The molecule has 0 atom stereocenters. The predicted octanol–water partition coefficient (Wildman–Crippen LogP) is 3.22. The first-order valence-corrected chi connectivity index (χ1v) is 9.04. The van der Waals surface area contributed by atoms with Gasteiger partial charge in [-0.1, -0.05) is 5.16 Å². The summed E-state index contributed by atoms with van der Waals surface area (Å²) in [6.45, 7) is 3.16. The fourth-order valence-electron chi connectivity index (χ4n) is 3.38. The smallest absolute Gasteiger partial charge is 0.273 e. The van der Waals surface area contributed by atoms with Crippen LogP contribution < -0.4 is 5.32 Å². The van der Waals surface area contributed by atoms with Crippen LogP contribution >= 0.6 is 0 Å². The highest BCUT2D eigenvalue weighted by atomic mass is 19.1. The second-order valence-electron chi connectivity index (χ2n) is 7.19. The lowest BCUT2D eigenvalue weighted by Crippen LogP contribution is -2.45. The van der Waals surface area contributed by atoms with Crippen LogP contribution in [0, 0.1) is 17.6 Å². The van der Waals surface area contributed by atoms with Crippen molar-refractivity contribution in [2.24, 2.45) is 5.92 Å². The quantitative estimate of drug-likeness (QED) is 0.888. The minimum atomic E-state index is -0.754. The molecule has 0 spiro atoms. The number of piperidine rings is 1. The summed E-state index contributed by atoms with van der Waals surface area (Å²) in [5.41, 5.74) is 0.176. The van der Waals surface area contributed by atoms with Gasteiger partial charge in [-0.05, 0) is 43.7 Å². The number of aromatic nitrogens is 1. The molecule has 1 aromatic carbocycles. The van der Waals surface area contributed by atoms with Gasteiger partial charge >= 0.3 is 0 Å². The van der Waals surface area contributed by atoms with Crippen LogP contribution in [0.2, 0.25) is 0 Å². The van der Waals surface area contributed by atoms with Gasteiger partial charge in [0.25, 0.3) is 5.91 Å². The number of benzene rings is 1. The summed E-state index contributed by atoms with van der Waals surface area (Å²) in [6, 6.07) is 4.67. The van der Waals surface area contributed by atoms with Crippen molar-refractivity contribution >= 4 is 5.91 Å². The van der Waals surface area contributed by atoms with Gasteiger partial charge in [0, 0.05) is 37.8 Å². The molecule has 2 fully saturated rings. The molecule has 4 rings (SSSR count). The van der Waals surface area contributed by atoms with Gasteiger partial charge < -0.3 is 14.7 Å². The number of carbonyl (C=O) groups excluding carboxylic acids is 1. The van der Waals surface area contributed by atoms with Crippen molar-refractivity contribution in [3.63, 3.8) is 0 Å². The van der Waals surface area contributed by atoms with Crippen LogP contribution in [-0.2, 0) is 0 Å². The van der Waals surface area contributed by atoms with Crippen LogP contribution in [0.4, 0.5) is 8.78 Å². The first-order chi connectivity index (χ1) is 12.6. The summed E-state index contributed by atoms with van der Waals surface area (Å²) >= 11 is 0. The second-order valence-corrected chi connectivity index (χ2v) is 7.19. The molecule has 1 aliphatic heterocycles. The number of rotatable bonds is 5. The van der Waals surface area contributed by atoms with Crippen LogP contribution in [0.25, 0.3) is 11.3 Å². The van der Waals surface area contributed by atoms with Crippen molar-refractivity contribution in [1.82, 2.24) is 15.4 Å². The molecule has 1 aliphatic carbocycles. The number of halogens is 2. The maximum Gasteiger partial charge on any atom is 0.273 e. The van der Waals surface area contributed by atoms with Gasteiger partial charge in [0.2, 0.25) is 0 Å². The Labute approximate surface area is 150 Å². The van der Waals surface area contributed by atoms with Gasteiger partial charge in [-0.25, -0.2) is 8.78 Å². The van der Waals surface area contributed by atoms with Crippen molar-refractivity contribution in [2.75, 3.05) is 19.6 Å². The molecule has 138 valence electrons. The van der Waals surface area contributed by atoms with Crippen molar-refractivity contribution in [3.8, 4) is 11.3 Å². The molecule has 2 aliphatic rings. The molecule has 1 amide bonds. The average Bonchev–Trinajstić information content (AvgIpc) is 3.29. The van der Waals surface area contributed by atoms with Crippen LogP contribution in [0.3, 0.4) is 0 Å². The third kappa shape index (κ3) is 3.93. The van der Waals surface area contributed by atoms with E-state index in [-0.39, 0.29) is 29.0 Å². The standard InChI is InChI=1S/C19H21F2N3O2/c20-13-3-4-15(16(21)9-13)18-10-17(23-26-18)19(25)22-14-5-7-24(8-6-14)11-12-1-2-12/h3-4,9-10,12,14H,1-2,5-8,11H2,(H,22,25). The van der Waals surface area contributed by atoms with E-state index in [4.69, 9.17) is 4.52 Å². The molecule has 1 aromatic heterocycles. The summed E-state index contributed by atoms with van der Waals surface area (Å²) in [4.78, 5) is 14.8. The number of carbonyl (C=O) groups is 1. The van der Waals surface area contributed by atoms with Crippen molar-refractivity contribution in [1.29, 1.82) is 0 Å². The molecule has 2 aromatic rings. The van der Waals surface area contributed by atoms with Crippen LogP contribution in [-0.4, -0.2) is 41.6 Å². The van der Waals surface area contributed by atoms with Crippen LogP contribution in [0.5, 0.6) is 0 Å². The fraction of sp³-hybridized carbons (Fsp3) is 0.474. The lowest BCUT2D eigenvalue weighted by atomic mass is 10.0. The Morgan fingerprint density at radius 1 is 1.19 bits per heavy atom. The largest absolute Gasteiger partial charge is 0.355 e. The lowest BCUT2D eigenvalue weighted by Gasteiger charge is -2.32. The second kappa shape index (κ2) is 7.15. The van der Waals surface area contributed by atoms with Gasteiger partial charge in [-0.3, -0.25) is 4.79 Å². The summed E-state index contributed by atoms with van der Waals surface area (Å²) < 4.78 is 31.9. The van der Waals surface area contributed by atoms with E-state index >= 15 is 0 Å². The first kappa shape index (κ1) is 17.1. The van der Waals surface area contributed by atoms with E-state index in [1.54, 1.807) is 0 Å². The van der Waals surface area contributed by atoms with Crippen LogP contribution in [0.1, 0.15) is 36.2 Å². The topological polar surface area (TPSA) is 58.4 Å². The van der Waals surface area contributed by atoms with Gasteiger partial charge in [-0.2, -0.15) is 0 Å². The monoisotopic (exact) mass is 361 g/mol. The molecule has 2 heterocycles. The molecule has 0 unspecified atom stereocenters. The number of hydrogen-bond donors (Lipinski definition) is 1. The SMILES string of the molecule is O=C(NC1CCN(CC2CC2)CC1)c1cc(-c2ccc(F)cc2F)on1. The molecule has 26 heavy (non-hydrogen) atoms. The van der Waals surface area contributed by atoms with Gasteiger partial charge in [0.15, 0.2) is 11.5 Å². The summed E-state index contributed by atoms with van der Waals surface area (Å²) in [6.07, 6.45) is 4.52. The summed E-state index contributed by atoms with van der Waals surface area (Å²) in [7, 11) is 0. The Morgan fingerprint density at radius 3 is 2.65 bits per heavy atom. The molecule has 1 saturated heterocycles. The van der Waals surface area contributed by atoms with E-state index in [9.17, 15) is 13.6 Å². The van der Waals surface area contributed by atoms with Crippen LogP contribution in [0.15, 0.2) is 28.8 Å². The zero-order valence-electron chi connectivity index (χ0n) is 14.4. The minimum Gasteiger partial charge on any atom is -0.355 e. The molecular formula is C19H21F2N3O2. The van der Waals surface area contributed by atoms with Gasteiger partial charge in [0.1, 0.15) is 11.6 Å². The van der Waals surface area contributed by atoms with E-state index in [1.165, 1.54) is 31.5 Å². The highest BCUT2D eigenvalue weighted by Gasteiger charge is 2.28. The number of nitrogens with zero attached hydrogens (tertiary/aromatic N) is 2. The highest BCUT2D eigenvalue weighted by molar-refractivity contribution is 5.93. The Kier molecular flexibility index (Phi) is 4.72. The van der Waals surface area contributed by atoms with E-state index in [2.05, 4.69) is 15.4 Å². The van der Waals surface area contributed by atoms with Gasteiger partial charge in [-0.15, -0.1) is 0 Å².